The Bertz CT molecular complexity index is 534. The first-order valence-corrected chi connectivity index (χ1v) is 8.04. The zero-order chi connectivity index (χ0) is 16.5. The molecular formula is C18H28N2O2. The molecule has 0 spiro atoms. The van der Waals surface area contributed by atoms with Gasteiger partial charge in [-0.15, -0.1) is 0 Å². The molecule has 1 atom stereocenters. The number of nitrogens with zero attached hydrogens (tertiary/aromatic N) is 2. The summed E-state index contributed by atoms with van der Waals surface area (Å²) in [6, 6.07) is 8.79. The normalized spacial score (nSPS) is 18.9. The van der Waals surface area contributed by atoms with Crippen molar-refractivity contribution in [3.05, 3.63) is 29.8 Å². The molecule has 1 aromatic carbocycles. The minimum Gasteiger partial charge on any atom is -0.381 e. The van der Waals surface area contributed by atoms with Gasteiger partial charge in [0.15, 0.2) is 0 Å². The van der Waals surface area contributed by atoms with Gasteiger partial charge >= 0.3 is 0 Å². The van der Waals surface area contributed by atoms with E-state index in [1.165, 1.54) is 11.3 Å². The molecule has 1 heterocycles. The van der Waals surface area contributed by atoms with Gasteiger partial charge < -0.3 is 14.9 Å². The van der Waals surface area contributed by atoms with E-state index in [0.29, 0.717) is 5.92 Å². The maximum Gasteiger partial charge on any atom is 0.254 e. The van der Waals surface area contributed by atoms with Crippen LogP contribution in [0.4, 0.5) is 5.69 Å². The summed E-state index contributed by atoms with van der Waals surface area (Å²) in [6.45, 7) is 9.24. The van der Waals surface area contributed by atoms with Gasteiger partial charge in [-0.1, -0.05) is 26.0 Å². The van der Waals surface area contributed by atoms with Crippen molar-refractivity contribution in [1.82, 2.24) is 4.90 Å². The van der Waals surface area contributed by atoms with E-state index in [0.717, 1.165) is 19.5 Å². The number of benzene rings is 1. The molecule has 1 amide bonds. The summed E-state index contributed by atoms with van der Waals surface area (Å²) in [4.78, 5) is 16.2. The molecular weight excluding hydrogens is 276 g/mol. The molecule has 0 bridgehead atoms. The van der Waals surface area contributed by atoms with Crippen LogP contribution in [-0.2, 0) is 4.79 Å². The Morgan fingerprint density at radius 3 is 2.68 bits per heavy atom. The number of hydrogen-bond acceptors (Lipinski definition) is 3. The average molecular weight is 304 g/mol. The second kappa shape index (κ2) is 6.29. The molecule has 0 radical (unpaired) electrons. The summed E-state index contributed by atoms with van der Waals surface area (Å²) in [7, 11) is 1.79. The summed E-state index contributed by atoms with van der Waals surface area (Å²) in [5, 5.41) is 9.89. The molecule has 1 aromatic rings. The van der Waals surface area contributed by atoms with Gasteiger partial charge in [-0.2, -0.15) is 0 Å². The number of carbonyl (C=O) groups excluding carboxylic acids is 1. The first kappa shape index (κ1) is 16.8. The molecule has 1 aliphatic heterocycles. The van der Waals surface area contributed by atoms with Crippen molar-refractivity contribution < 1.29 is 9.90 Å². The first-order chi connectivity index (χ1) is 10.2. The lowest BCUT2D eigenvalue weighted by Crippen LogP contribution is -2.48. The second-order valence-corrected chi connectivity index (χ2v) is 7.11. The molecule has 4 heteroatoms. The van der Waals surface area contributed by atoms with Crippen molar-refractivity contribution >= 4 is 11.6 Å². The van der Waals surface area contributed by atoms with Gasteiger partial charge in [0.2, 0.25) is 0 Å². The topological polar surface area (TPSA) is 43.8 Å². The van der Waals surface area contributed by atoms with Crippen LogP contribution < -0.4 is 4.90 Å². The fraction of sp³-hybridized carbons (Fsp3) is 0.611. The SMILES string of the molecule is CC(C)c1cccc(N2CCC(N(C)C(=O)C(C)(C)O)C2)c1. The van der Waals surface area contributed by atoms with Crippen molar-refractivity contribution in [1.29, 1.82) is 0 Å². The molecule has 1 saturated heterocycles. The maximum atomic E-state index is 12.2. The average Bonchev–Trinajstić information content (AvgIpc) is 2.94. The summed E-state index contributed by atoms with van der Waals surface area (Å²) in [6.07, 6.45) is 0.935. The fourth-order valence-electron chi connectivity index (χ4n) is 2.97. The Kier molecular flexibility index (Phi) is 4.81. The van der Waals surface area contributed by atoms with Gasteiger partial charge in [0.1, 0.15) is 5.60 Å². The molecule has 1 unspecified atom stereocenters. The summed E-state index contributed by atoms with van der Waals surface area (Å²) < 4.78 is 0. The van der Waals surface area contributed by atoms with E-state index in [1.54, 1.807) is 25.8 Å². The van der Waals surface area contributed by atoms with Gasteiger partial charge in [0.25, 0.3) is 5.91 Å². The van der Waals surface area contributed by atoms with Crippen molar-refractivity contribution in [3.8, 4) is 0 Å². The number of aliphatic hydroxyl groups is 1. The molecule has 122 valence electrons. The monoisotopic (exact) mass is 304 g/mol. The molecule has 4 nitrogen and oxygen atoms in total. The highest BCUT2D eigenvalue weighted by Crippen LogP contribution is 2.26. The molecule has 1 fully saturated rings. The minimum absolute atomic E-state index is 0.154. The zero-order valence-corrected chi connectivity index (χ0v) is 14.3. The van der Waals surface area contributed by atoms with Crippen LogP contribution in [0.3, 0.4) is 0 Å². The molecule has 0 aliphatic carbocycles. The lowest BCUT2D eigenvalue weighted by atomic mass is 10.0. The number of anilines is 1. The summed E-state index contributed by atoms with van der Waals surface area (Å²) in [5.41, 5.74) is 1.25. The second-order valence-electron chi connectivity index (χ2n) is 7.11. The van der Waals surface area contributed by atoms with E-state index in [9.17, 15) is 9.90 Å². The Morgan fingerprint density at radius 1 is 1.41 bits per heavy atom. The van der Waals surface area contributed by atoms with Crippen LogP contribution in [-0.4, -0.2) is 47.7 Å². The summed E-state index contributed by atoms with van der Waals surface area (Å²) >= 11 is 0. The van der Waals surface area contributed by atoms with Crippen LogP contribution >= 0.6 is 0 Å². The third-order valence-corrected chi connectivity index (χ3v) is 4.46. The van der Waals surface area contributed by atoms with Crippen LogP contribution in [0.25, 0.3) is 0 Å². The van der Waals surface area contributed by atoms with Gasteiger partial charge in [-0.3, -0.25) is 4.79 Å². The third-order valence-electron chi connectivity index (χ3n) is 4.46. The number of likely N-dealkylation sites (N-methyl/N-ethyl adjacent to an activating group) is 1. The Morgan fingerprint density at radius 2 is 2.09 bits per heavy atom. The van der Waals surface area contributed by atoms with Crippen molar-refractivity contribution in [2.45, 2.75) is 51.7 Å². The number of hydrogen-bond donors (Lipinski definition) is 1. The zero-order valence-electron chi connectivity index (χ0n) is 14.3. The van der Waals surface area contributed by atoms with E-state index >= 15 is 0 Å². The van der Waals surface area contributed by atoms with E-state index in [4.69, 9.17) is 0 Å². The van der Waals surface area contributed by atoms with E-state index < -0.39 is 5.60 Å². The quantitative estimate of drug-likeness (QED) is 0.930. The predicted octanol–water partition coefficient (Wildman–Crippen LogP) is 2.62. The highest BCUT2D eigenvalue weighted by atomic mass is 16.3. The Labute approximate surface area is 133 Å². The summed E-state index contributed by atoms with van der Waals surface area (Å²) in [5.74, 6) is 0.299. The van der Waals surface area contributed by atoms with Crippen LogP contribution in [0.5, 0.6) is 0 Å². The first-order valence-electron chi connectivity index (χ1n) is 8.04. The lowest BCUT2D eigenvalue weighted by Gasteiger charge is -2.30. The smallest absolute Gasteiger partial charge is 0.254 e. The van der Waals surface area contributed by atoms with Gasteiger partial charge in [0.05, 0.1) is 6.04 Å². The van der Waals surface area contributed by atoms with Crippen LogP contribution in [0.1, 0.15) is 45.6 Å². The maximum absolute atomic E-state index is 12.2. The Hall–Kier alpha value is -1.55. The van der Waals surface area contributed by atoms with E-state index in [-0.39, 0.29) is 11.9 Å². The molecule has 1 aliphatic rings. The van der Waals surface area contributed by atoms with Gasteiger partial charge in [-0.05, 0) is 43.9 Å². The van der Waals surface area contributed by atoms with Crippen molar-refractivity contribution in [3.63, 3.8) is 0 Å². The Balaban J connectivity index is 2.07. The molecule has 0 aromatic heterocycles. The standard InChI is InChI=1S/C18H28N2O2/c1-13(2)14-7-6-8-15(11-14)20-10-9-16(12-20)19(5)17(21)18(3,4)22/h6-8,11,13,16,22H,9-10,12H2,1-5H3. The van der Waals surface area contributed by atoms with Gasteiger partial charge in [-0.25, -0.2) is 0 Å². The number of amides is 1. The van der Waals surface area contributed by atoms with E-state index in [2.05, 4.69) is 43.0 Å². The van der Waals surface area contributed by atoms with Crippen LogP contribution in [0.15, 0.2) is 24.3 Å². The largest absolute Gasteiger partial charge is 0.381 e. The molecule has 1 N–H and O–H groups in total. The predicted molar refractivity (Wildman–Crippen MR) is 90.2 cm³/mol. The lowest BCUT2D eigenvalue weighted by molar-refractivity contribution is -0.148. The van der Waals surface area contributed by atoms with Crippen LogP contribution in [0, 0.1) is 0 Å². The van der Waals surface area contributed by atoms with Crippen molar-refractivity contribution in [2.75, 3.05) is 25.0 Å². The van der Waals surface area contributed by atoms with E-state index in [1.807, 2.05) is 0 Å². The minimum atomic E-state index is -1.31. The molecule has 0 saturated carbocycles. The number of rotatable bonds is 4. The highest BCUT2D eigenvalue weighted by Gasteiger charge is 2.34. The molecule has 2 rings (SSSR count). The van der Waals surface area contributed by atoms with Gasteiger partial charge in [0, 0.05) is 25.8 Å². The third kappa shape index (κ3) is 3.61. The molecule has 22 heavy (non-hydrogen) atoms. The highest BCUT2D eigenvalue weighted by molar-refractivity contribution is 5.84. The fourth-order valence-corrected chi connectivity index (χ4v) is 2.97. The number of carbonyl (C=O) groups is 1. The van der Waals surface area contributed by atoms with Crippen LogP contribution in [0.2, 0.25) is 0 Å². The van der Waals surface area contributed by atoms with Crippen molar-refractivity contribution in [2.24, 2.45) is 0 Å².